The van der Waals surface area contributed by atoms with E-state index in [0.29, 0.717) is 12.1 Å². The molecule has 2 aromatic heterocycles. The third-order valence-corrected chi connectivity index (χ3v) is 8.21. The van der Waals surface area contributed by atoms with Gasteiger partial charge in [-0.2, -0.15) is 43.2 Å². The molecule has 1 N–H and O–H groups in total. The van der Waals surface area contributed by atoms with Crippen LogP contribution in [0.15, 0.2) is 54.8 Å². The first-order valence-electron chi connectivity index (χ1n) is 15.2. The fraction of sp³-hybridized carbons (Fsp3) is 0.344. The summed E-state index contributed by atoms with van der Waals surface area (Å²) in [4.78, 5) is 55.0. The van der Waals surface area contributed by atoms with E-state index >= 15 is 0 Å². The Kier molecular flexibility index (Phi) is 14.5. The lowest BCUT2D eigenvalue weighted by Gasteiger charge is -2.13. The largest absolute Gasteiger partial charge is 0.534 e. The molecule has 0 saturated carbocycles. The van der Waals surface area contributed by atoms with Crippen LogP contribution in [-0.4, -0.2) is 50.9 Å². The van der Waals surface area contributed by atoms with Crippen LogP contribution in [0.5, 0.6) is 23.0 Å². The van der Waals surface area contributed by atoms with Crippen molar-refractivity contribution in [3.8, 4) is 23.0 Å². The number of esters is 3. The molecule has 0 spiro atoms. The maximum absolute atomic E-state index is 12.5. The number of alkyl halides is 6. The summed E-state index contributed by atoms with van der Waals surface area (Å²) in [5, 5.41) is 9.23. The van der Waals surface area contributed by atoms with Crippen LogP contribution in [0.2, 0.25) is 0 Å². The number of phenolic OH excluding ortho intramolecular Hbond substituents is 1. The first kappa shape index (κ1) is 46.5. The average Bonchev–Trinajstić information content (AvgIpc) is 2.98. The van der Waals surface area contributed by atoms with E-state index in [1.54, 1.807) is 27.7 Å². The zero-order valence-corrected chi connectivity index (χ0v) is 31.4. The van der Waals surface area contributed by atoms with Crippen LogP contribution in [0, 0.1) is 0 Å². The van der Waals surface area contributed by atoms with E-state index in [2.05, 4.69) is 13.1 Å². The van der Waals surface area contributed by atoms with Gasteiger partial charge in [0.25, 0.3) is 0 Å². The van der Waals surface area contributed by atoms with Crippen molar-refractivity contribution in [3.05, 3.63) is 68.4 Å². The molecule has 0 bridgehead atoms. The maximum atomic E-state index is 12.5. The van der Waals surface area contributed by atoms with E-state index in [9.17, 15) is 72.3 Å². The fourth-order valence-corrected chi connectivity index (χ4v) is 4.85. The summed E-state index contributed by atoms with van der Waals surface area (Å²) in [5.74, 6) is -4.92. The predicted octanol–water partition coefficient (Wildman–Crippen LogP) is 6.02. The van der Waals surface area contributed by atoms with Crippen molar-refractivity contribution < 1.29 is 89.3 Å². The molecule has 0 radical (unpaired) electrons. The fourth-order valence-electron chi connectivity index (χ4n) is 3.96. The van der Waals surface area contributed by atoms with Gasteiger partial charge in [0.05, 0.1) is 0 Å². The van der Waals surface area contributed by atoms with Crippen LogP contribution < -0.4 is 24.0 Å². The summed E-state index contributed by atoms with van der Waals surface area (Å²) in [6, 6.07) is 5.17. The average molecular weight is 849 g/mol. The number of carbonyl (C=O) groups is 3. The summed E-state index contributed by atoms with van der Waals surface area (Å²) in [7, 11) is -11.9. The molecular formula is C32H30F6O16S2. The number of halogens is 6. The second-order valence-electron chi connectivity index (χ2n) is 11.6. The lowest BCUT2D eigenvalue weighted by molar-refractivity contribution is -0.156. The van der Waals surface area contributed by atoms with Crippen molar-refractivity contribution in [2.75, 3.05) is 0 Å². The Morgan fingerprint density at radius 1 is 0.625 bits per heavy atom. The SMILES string of the molecule is CC(=O)OC(C)=O.CC(=O)Oc1cc(OS(=O)(=O)C(F)(F)F)cc2oc(C(C)C)cc(=O)c12.CC(C)c1cc(=O)c2c(O)cc(OS(=O)(=O)C(F)(F)F)cc2o1. The highest BCUT2D eigenvalue weighted by atomic mass is 32.2. The molecule has 0 aliphatic rings. The van der Waals surface area contributed by atoms with Crippen molar-refractivity contribution in [2.45, 2.75) is 71.3 Å². The molecule has 2 heterocycles. The molecule has 4 rings (SSSR count). The molecule has 16 nitrogen and oxygen atoms in total. The minimum atomic E-state index is -5.96. The van der Waals surface area contributed by atoms with Gasteiger partial charge in [0.1, 0.15) is 56.5 Å². The Balaban J connectivity index is 0.000000332. The standard InChI is InChI=1S/C15H13F3O7S.C13H11F3O6S.C4H6O3/c1-7(2)11-6-10(20)14-12(23-8(3)19)4-9(5-13(14)24-11)25-26(21,22)15(16,17)18;1-6(2)10-5-9(18)12-8(17)3-7(4-11(12)21-10)22-23(19,20)13(14,15)16;1-3(5)7-4(2)6/h4-7H,1-3H3;3-6,17H,1-2H3;1-2H3. The van der Waals surface area contributed by atoms with Crippen molar-refractivity contribution >= 4 is 60.1 Å². The molecule has 0 fully saturated rings. The molecule has 0 atom stereocenters. The lowest BCUT2D eigenvalue weighted by atomic mass is 10.1. The molecule has 0 aliphatic carbocycles. The zero-order chi connectivity index (χ0) is 43.3. The van der Waals surface area contributed by atoms with Crippen LogP contribution in [0.1, 0.15) is 71.8 Å². The smallest absolute Gasteiger partial charge is 0.507 e. The van der Waals surface area contributed by atoms with E-state index in [1.165, 1.54) is 13.8 Å². The summed E-state index contributed by atoms with van der Waals surface area (Å²) in [5.41, 5.74) is -13.1. The first-order valence-corrected chi connectivity index (χ1v) is 18.0. The first-order chi connectivity index (χ1) is 25.4. The third-order valence-electron chi connectivity index (χ3n) is 6.25. The third kappa shape index (κ3) is 12.2. The van der Waals surface area contributed by atoms with Crippen LogP contribution in [0.25, 0.3) is 21.9 Å². The number of benzene rings is 2. The molecule has 2 aromatic carbocycles. The Bertz CT molecular complexity index is 2470. The molecule has 308 valence electrons. The highest BCUT2D eigenvalue weighted by molar-refractivity contribution is 7.88. The van der Waals surface area contributed by atoms with Gasteiger partial charge in [-0.3, -0.25) is 24.0 Å². The predicted molar refractivity (Wildman–Crippen MR) is 180 cm³/mol. The molecule has 0 unspecified atom stereocenters. The topological polar surface area (TPSA) is 237 Å². The molecule has 0 aliphatic heterocycles. The van der Waals surface area contributed by atoms with Crippen molar-refractivity contribution in [1.82, 2.24) is 0 Å². The molecule has 0 saturated heterocycles. The second-order valence-corrected chi connectivity index (χ2v) is 14.7. The van der Waals surface area contributed by atoms with Crippen molar-refractivity contribution in [1.29, 1.82) is 0 Å². The molecule has 24 heteroatoms. The minimum Gasteiger partial charge on any atom is -0.507 e. The Hall–Kier alpha value is -5.65. The van der Waals surface area contributed by atoms with E-state index in [1.807, 2.05) is 0 Å². The van der Waals surface area contributed by atoms with Gasteiger partial charge >= 0.3 is 49.2 Å². The highest BCUT2D eigenvalue weighted by Gasteiger charge is 2.49. The van der Waals surface area contributed by atoms with Gasteiger partial charge in [0.2, 0.25) is 0 Å². The Morgan fingerprint density at radius 2 is 1.00 bits per heavy atom. The van der Waals surface area contributed by atoms with Crippen LogP contribution in [0.4, 0.5) is 26.3 Å². The van der Waals surface area contributed by atoms with Gasteiger partial charge in [-0.1, -0.05) is 27.7 Å². The zero-order valence-electron chi connectivity index (χ0n) is 29.8. The number of phenols is 1. The van der Waals surface area contributed by atoms with Gasteiger partial charge in [0.15, 0.2) is 10.9 Å². The summed E-state index contributed by atoms with van der Waals surface area (Å²) in [6.07, 6.45) is 0. The summed E-state index contributed by atoms with van der Waals surface area (Å²) in [6.45, 7) is 10.2. The van der Waals surface area contributed by atoms with E-state index in [4.69, 9.17) is 13.6 Å². The van der Waals surface area contributed by atoms with Crippen LogP contribution in [-0.2, 0) is 39.4 Å². The highest BCUT2D eigenvalue weighted by Crippen LogP contribution is 2.35. The normalized spacial score (nSPS) is 12.0. The van der Waals surface area contributed by atoms with Gasteiger partial charge in [-0.05, 0) is 0 Å². The van der Waals surface area contributed by atoms with Gasteiger partial charge in [0, 0.05) is 69.0 Å². The number of carbonyl (C=O) groups excluding carboxylic acids is 3. The van der Waals surface area contributed by atoms with Crippen molar-refractivity contribution in [3.63, 3.8) is 0 Å². The van der Waals surface area contributed by atoms with Crippen molar-refractivity contribution in [2.24, 2.45) is 0 Å². The van der Waals surface area contributed by atoms with E-state index in [-0.39, 0.29) is 45.3 Å². The number of ether oxygens (including phenoxy) is 2. The molecule has 4 aromatic rings. The van der Waals surface area contributed by atoms with Crippen LogP contribution >= 0.6 is 0 Å². The summed E-state index contributed by atoms with van der Waals surface area (Å²) < 4.78 is 146. The minimum absolute atomic E-state index is 0.201. The quantitative estimate of drug-likeness (QED) is 0.0559. The molecule has 0 amide bonds. The number of fused-ring (bicyclic) bond motifs is 2. The van der Waals surface area contributed by atoms with E-state index in [0.717, 1.165) is 31.2 Å². The number of aromatic hydroxyl groups is 1. The van der Waals surface area contributed by atoms with Gasteiger partial charge < -0.3 is 31.8 Å². The maximum Gasteiger partial charge on any atom is 0.534 e. The Morgan fingerprint density at radius 3 is 1.34 bits per heavy atom. The molecule has 56 heavy (non-hydrogen) atoms. The van der Waals surface area contributed by atoms with E-state index < -0.39 is 83.0 Å². The Labute approximate surface area is 311 Å². The van der Waals surface area contributed by atoms with Gasteiger partial charge in [-0.25, -0.2) is 0 Å². The summed E-state index contributed by atoms with van der Waals surface area (Å²) >= 11 is 0. The number of rotatable bonds is 7. The number of hydrogen-bond acceptors (Lipinski definition) is 16. The monoisotopic (exact) mass is 848 g/mol. The number of hydrogen-bond donors (Lipinski definition) is 1. The second kappa shape index (κ2) is 17.4. The van der Waals surface area contributed by atoms with Crippen LogP contribution in [0.3, 0.4) is 0 Å². The lowest BCUT2D eigenvalue weighted by Crippen LogP contribution is -2.28. The molecular weight excluding hydrogens is 818 g/mol. The van der Waals surface area contributed by atoms with Gasteiger partial charge in [-0.15, -0.1) is 0 Å².